The summed E-state index contributed by atoms with van der Waals surface area (Å²) in [5.74, 6) is 1.36. The average Bonchev–Trinajstić information content (AvgIpc) is 2.72. The Kier molecular flexibility index (Phi) is 10.5. The molecule has 0 spiro atoms. The van der Waals surface area contributed by atoms with Crippen LogP contribution in [0.3, 0.4) is 0 Å². The second kappa shape index (κ2) is 13.2. The molecule has 0 heterocycles. The van der Waals surface area contributed by atoms with E-state index in [1.54, 1.807) is 36.4 Å². The van der Waals surface area contributed by atoms with E-state index < -0.39 is 0 Å². The predicted molar refractivity (Wildman–Crippen MR) is 121 cm³/mol. The van der Waals surface area contributed by atoms with Gasteiger partial charge in [0.05, 0.1) is 0 Å². The smallest absolute Gasteiger partial charge is 0.185 e. The quantitative estimate of drug-likeness (QED) is 0.165. The number of rotatable bonds is 13. The van der Waals surface area contributed by atoms with Crippen molar-refractivity contribution in [3.8, 4) is 5.75 Å². The van der Waals surface area contributed by atoms with Crippen molar-refractivity contribution in [1.82, 2.24) is 0 Å². The molecule has 0 saturated carbocycles. The average molecular weight is 397 g/mol. The molecule has 0 aliphatic rings. The Morgan fingerprint density at radius 3 is 2.11 bits per heavy atom. The highest BCUT2D eigenvalue weighted by molar-refractivity contribution is 7.99. The molecule has 2 nitrogen and oxygen atoms in total. The highest BCUT2D eigenvalue weighted by Crippen LogP contribution is 2.21. The van der Waals surface area contributed by atoms with Crippen LogP contribution in [0.5, 0.6) is 5.75 Å². The summed E-state index contributed by atoms with van der Waals surface area (Å²) in [7, 11) is 0. The van der Waals surface area contributed by atoms with Crippen LogP contribution in [-0.2, 0) is 0 Å². The number of benzene rings is 2. The van der Waals surface area contributed by atoms with Gasteiger partial charge in [0.2, 0.25) is 0 Å². The molecule has 0 aromatic heterocycles. The summed E-state index contributed by atoms with van der Waals surface area (Å²) < 4.78 is 0. The second-order valence-electron chi connectivity index (χ2n) is 7.14. The van der Waals surface area contributed by atoms with Crippen LogP contribution in [-0.4, -0.2) is 16.6 Å². The number of carbonyl (C=O) groups excluding carboxylic acids is 1. The van der Waals surface area contributed by atoms with Crippen LogP contribution in [0.25, 0.3) is 6.08 Å². The first-order valence-corrected chi connectivity index (χ1v) is 11.4. The SMILES string of the molecule is CCCCCCCCCCSc1ccc(C(=O)/C=C/c2ccc(O)cc2)cc1. The summed E-state index contributed by atoms with van der Waals surface area (Å²) in [5, 5.41) is 9.29. The van der Waals surface area contributed by atoms with Crippen LogP contribution in [0.15, 0.2) is 59.5 Å². The molecule has 2 aromatic carbocycles. The lowest BCUT2D eigenvalue weighted by molar-refractivity contribution is 0.104. The van der Waals surface area contributed by atoms with Crippen molar-refractivity contribution in [1.29, 1.82) is 0 Å². The molecule has 28 heavy (non-hydrogen) atoms. The molecule has 150 valence electrons. The lowest BCUT2D eigenvalue weighted by Crippen LogP contribution is -1.93. The number of ketones is 1. The molecule has 0 radical (unpaired) electrons. The summed E-state index contributed by atoms with van der Waals surface area (Å²) in [6.45, 7) is 2.26. The summed E-state index contributed by atoms with van der Waals surface area (Å²) in [4.78, 5) is 13.5. The van der Waals surface area contributed by atoms with Crippen molar-refractivity contribution in [2.24, 2.45) is 0 Å². The number of phenols is 1. The maximum absolute atomic E-state index is 12.3. The molecule has 0 unspecified atom stereocenters. The van der Waals surface area contributed by atoms with Gasteiger partial charge in [0.25, 0.3) is 0 Å². The zero-order valence-corrected chi connectivity index (χ0v) is 17.7. The van der Waals surface area contributed by atoms with Gasteiger partial charge in [-0.25, -0.2) is 0 Å². The fraction of sp³-hybridized carbons (Fsp3) is 0.400. The van der Waals surface area contributed by atoms with Crippen molar-refractivity contribution in [3.63, 3.8) is 0 Å². The van der Waals surface area contributed by atoms with E-state index in [9.17, 15) is 9.90 Å². The minimum absolute atomic E-state index is 0.00676. The molecule has 0 fully saturated rings. The van der Waals surface area contributed by atoms with E-state index in [4.69, 9.17) is 0 Å². The molecule has 3 heteroatoms. The molecule has 0 atom stereocenters. The van der Waals surface area contributed by atoms with Crippen molar-refractivity contribution >= 4 is 23.6 Å². The van der Waals surface area contributed by atoms with E-state index in [1.807, 2.05) is 36.0 Å². The van der Waals surface area contributed by atoms with Gasteiger partial charge in [0, 0.05) is 10.5 Å². The van der Waals surface area contributed by atoms with Crippen LogP contribution >= 0.6 is 11.8 Å². The molecule has 0 amide bonds. The van der Waals surface area contributed by atoms with E-state index in [2.05, 4.69) is 6.92 Å². The maximum atomic E-state index is 12.3. The van der Waals surface area contributed by atoms with E-state index in [1.165, 1.54) is 56.3 Å². The van der Waals surface area contributed by atoms with E-state index >= 15 is 0 Å². The highest BCUT2D eigenvalue weighted by atomic mass is 32.2. The number of hydrogen-bond donors (Lipinski definition) is 1. The van der Waals surface area contributed by atoms with Crippen molar-refractivity contribution in [2.45, 2.75) is 63.2 Å². The minimum Gasteiger partial charge on any atom is -0.508 e. The lowest BCUT2D eigenvalue weighted by Gasteiger charge is -2.04. The third kappa shape index (κ3) is 8.79. The molecule has 0 saturated heterocycles. The Hall–Kier alpha value is -2.00. The monoisotopic (exact) mass is 396 g/mol. The van der Waals surface area contributed by atoms with E-state index in [-0.39, 0.29) is 11.5 Å². The number of unbranched alkanes of at least 4 members (excludes halogenated alkanes) is 7. The van der Waals surface area contributed by atoms with Crippen molar-refractivity contribution < 1.29 is 9.90 Å². The third-order valence-electron chi connectivity index (χ3n) is 4.73. The van der Waals surface area contributed by atoms with Gasteiger partial charge in [-0.05, 0) is 60.2 Å². The molecular formula is C25H32O2S. The van der Waals surface area contributed by atoms with E-state index in [0.29, 0.717) is 5.56 Å². The van der Waals surface area contributed by atoms with Gasteiger partial charge in [0.1, 0.15) is 5.75 Å². The fourth-order valence-corrected chi connectivity index (χ4v) is 3.91. The molecule has 0 aliphatic heterocycles. The first kappa shape index (κ1) is 22.3. The summed E-state index contributed by atoms with van der Waals surface area (Å²) in [5.41, 5.74) is 1.59. The van der Waals surface area contributed by atoms with Crippen molar-refractivity contribution in [3.05, 3.63) is 65.7 Å². The Bertz CT molecular complexity index is 717. The van der Waals surface area contributed by atoms with Crippen LogP contribution < -0.4 is 0 Å². The second-order valence-corrected chi connectivity index (χ2v) is 8.31. The van der Waals surface area contributed by atoms with Crippen LogP contribution in [0.4, 0.5) is 0 Å². The van der Waals surface area contributed by atoms with Crippen LogP contribution in [0, 0.1) is 0 Å². The Labute approximate surface area is 174 Å². The highest BCUT2D eigenvalue weighted by Gasteiger charge is 2.02. The number of allylic oxidation sites excluding steroid dienone is 1. The number of phenolic OH excluding ortho intramolecular Hbond substituents is 1. The first-order chi connectivity index (χ1) is 13.7. The molecule has 0 bridgehead atoms. The molecule has 2 aromatic rings. The third-order valence-corrected chi connectivity index (χ3v) is 5.82. The van der Waals surface area contributed by atoms with Gasteiger partial charge < -0.3 is 5.11 Å². The van der Waals surface area contributed by atoms with Gasteiger partial charge >= 0.3 is 0 Å². The molecule has 1 N–H and O–H groups in total. The summed E-state index contributed by atoms with van der Waals surface area (Å²) in [6.07, 6.45) is 14.1. The lowest BCUT2D eigenvalue weighted by atomic mass is 10.1. The predicted octanol–water partition coefficient (Wildman–Crippen LogP) is 7.52. The standard InChI is InChI=1S/C25H32O2S/c1-2-3-4-5-6-7-8-9-20-28-24-17-13-22(14-18-24)25(27)19-12-21-10-15-23(26)16-11-21/h10-19,26H,2-9,20H2,1H3/b19-12+. The number of aromatic hydroxyl groups is 1. The molecular weight excluding hydrogens is 364 g/mol. The first-order valence-electron chi connectivity index (χ1n) is 10.4. The zero-order valence-electron chi connectivity index (χ0n) is 16.9. The topological polar surface area (TPSA) is 37.3 Å². The number of thioether (sulfide) groups is 1. The van der Waals surface area contributed by atoms with Gasteiger partial charge in [-0.3, -0.25) is 4.79 Å². The van der Waals surface area contributed by atoms with Gasteiger partial charge in [-0.15, -0.1) is 11.8 Å². The Balaban J connectivity index is 1.66. The molecule has 0 aliphatic carbocycles. The minimum atomic E-state index is -0.00676. The normalized spacial score (nSPS) is 11.2. The Morgan fingerprint density at radius 2 is 1.46 bits per heavy atom. The fourth-order valence-electron chi connectivity index (χ4n) is 2.99. The molecule has 2 rings (SSSR count). The summed E-state index contributed by atoms with van der Waals surface area (Å²) in [6, 6.07) is 14.7. The maximum Gasteiger partial charge on any atom is 0.185 e. The zero-order chi connectivity index (χ0) is 20.0. The number of carbonyl (C=O) groups is 1. The van der Waals surface area contributed by atoms with E-state index in [0.717, 1.165) is 11.3 Å². The van der Waals surface area contributed by atoms with Gasteiger partial charge in [-0.2, -0.15) is 0 Å². The van der Waals surface area contributed by atoms with Crippen LogP contribution in [0.1, 0.15) is 74.2 Å². The number of hydrogen-bond acceptors (Lipinski definition) is 3. The van der Waals surface area contributed by atoms with Crippen LogP contribution in [0.2, 0.25) is 0 Å². The van der Waals surface area contributed by atoms with Gasteiger partial charge in [0.15, 0.2) is 5.78 Å². The van der Waals surface area contributed by atoms with Gasteiger partial charge in [-0.1, -0.05) is 70.1 Å². The Morgan fingerprint density at radius 1 is 0.857 bits per heavy atom. The summed E-state index contributed by atoms with van der Waals surface area (Å²) >= 11 is 1.87. The van der Waals surface area contributed by atoms with Crippen molar-refractivity contribution in [2.75, 3.05) is 5.75 Å². The largest absolute Gasteiger partial charge is 0.508 e.